The maximum Gasteiger partial charge on any atom is 0.226 e. The van der Waals surface area contributed by atoms with E-state index in [9.17, 15) is 4.79 Å². The Morgan fingerprint density at radius 1 is 1.32 bits per heavy atom. The van der Waals surface area contributed by atoms with Crippen LogP contribution >= 0.6 is 0 Å². The number of amides is 1. The van der Waals surface area contributed by atoms with Crippen LogP contribution in [0.2, 0.25) is 0 Å². The molecule has 6 nitrogen and oxygen atoms in total. The number of nitrogens with zero attached hydrogens (tertiary/aromatic N) is 2. The van der Waals surface area contributed by atoms with Crippen LogP contribution in [0.1, 0.15) is 29.9 Å². The number of rotatable bonds is 6. The molecule has 1 atom stereocenters. The van der Waals surface area contributed by atoms with Gasteiger partial charge in [0, 0.05) is 24.4 Å². The van der Waals surface area contributed by atoms with Crippen LogP contribution in [0.15, 0.2) is 36.4 Å². The number of nitrogen functional groups attached to an aromatic ring is 1. The van der Waals surface area contributed by atoms with Crippen LogP contribution in [0.3, 0.4) is 0 Å². The van der Waals surface area contributed by atoms with Gasteiger partial charge in [-0.2, -0.15) is 0 Å². The number of fused-ring (bicyclic) bond motifs is 1. The fourth-order valence-electron chi connectivity index (χ4n) is 3.03. The van der Waals surface area contributed by atoms with Crippen molar-refractivity contribution in [2.75, 3.05) is 38.3 Å². The first-order valence-electron chi connectivity index (χ1n) is 8.46. The normalized spacial score (nSPS) is 16.4. The zero-order chi connectivity index (χ0) is 17.8. The Kier molecular flexibility index (Phi) is 5.19. The number of pyridine rings is 1. The molecule has 3 N–H and O–H groups in total. The second-order valence-electron chi connectivity index (χ2n) is 6.56. The molecule has 1 aliphatic heterocycles. The minimum absolute atomic E-state index is 0.0397. The molecule has 1 aliphatic rings. The van der Waals surface area contributed by atoms with Crippen molar-refractivity contribution in [2.24, 2.45) is 0 Å². The lowest BCUT2D eigenvalue weighted by Crippen LogP contribution is -2.24. The fourth-order valence-corrected chi connectivity index (χ4v) is 3.03. The highest BCUT2D eigenvalue weighted by Crippen LogP contribution is 2.37. The third kappa shape index (κ3) is 4.28. The minimum Gasteiger partial charge on any atom is -0.494 e. The van der Waals surface area contributed by atoms with Gasteiger partial charge in [-0.25, -0.2) is 4.98 Å². The highest BCUT2D eigenvalue weighted by molar-refractivity contribution is 5.94. The third-order valence-corrected chi connectivity index (χ3v) is 4.25. The van der Waals surface area contributed by atoms with Gasteiger partial charge in [-0.15, -0.1) is 0 Å². The summed E-state index contributed by atoms with van der Waals surface area (Å²) >= 11 is 0. The Morgan fingerprint density at radius 3 is 2.96 bits per heavy atom. The molecule has 0 spiro atoms. The van der Waals surface area contributed by atoms with Crippen molar-refractivity contribution in [3.63, 3.8) is 0 Å². The summed E-state index contributed by atoms with van der Waals surface area (Å²) < 4.78 is 5.86. The van der Waals surface area contributed by atoms with Gasteiger partial charge >= 0.3 is 0 Å². The number of ether oxygens (including phenoxy) is 1. The Morgan fingerprint density at radius 2 is 2.16 bits per heavy atom. The second kappa shape index (κ2) is 7.53. The predicted molar refractivity (Wildman–Crippen MR) is 98.8 cm³/mol. The van der Waals surface area contributed by atoms with Gasteiger partial charge in [0.1, 0.15) is 17.4 Å². The summed E-state index contributed by atoms with van der Waals surface area (Å²) in [6.45, 7) is 1.66. The lowest BCUT2D eigenvalue weighted by Gasteiger charge is -2.25. The summed E-state index contributed by atoms with van der Waals surface area (Å²) in [5.41, 5.74) is 7.77. The first-order valence-corrected chi connectivity index (χ1v) is 8.46. The van der Waals surface area contributed by atoms with Crippen LogP contribution in [0.5, 0.6) is 5.75 Å². The van der Waals surface area contributed by atoms with Crippen LogP contribution in [0.25, 0.3) is 0 Å². The number of aromatic nitrogens is 1. The van der Waals surface area contributed by atoms with E-state index in [2.05, 4.69) is 15.2 Å². The van der Waals surface area contributed by atoms with Crippen molar-refractivity contribution in [3.05, 3.63) is 47.5 Å². The van der Waals surface area contributed by atoms with Crippen molar-refractivity contribution in [1.29, 1.82) is 0 Å². The van der Waals surface area contributed by atoms with E-state index < -0.39 is 0 Å². The van der Waals surface area contributed by atoms with E-state index in [4.69, 9.17) is 10.5 Å². The average molecular weight is 340 g/mol. The molecule has 0 saturated carbocycles. The summed E-state index contributed by atoms with van der Waals surface area (Å²) in [6, 6.07) is 11.7. The van der Waals surface area contributed by atoms with Crippen molar-refractivity contribution < 1.29 is 9.53 Å². The predicted octanol–water partition coefficient (Wildman–Crippen LogP) is 2.47. The molecule has 6 heteroatoms. The topological polar surface area (TPSA) is 80.5 Å². The Labute approximate surface area is 148 Å². The largest absolute Gasteiger partial charge is 0.494 e. The van der Waals surface area contributed by atoms with Gasteiger partial charge in [0.15, 0.2) is 0 Å². The van der Waals surface area contributed by atoms with Crippen LogP contribution < -0.4 is 15.8 Å². The standard InChI is InChI=1S/C19H24N4O2/c1-23(2)9-4-10-25-14-6-3-5-13(11-14)16-12-18(24)22-19-15(16)7-8-17(20)21-19/h3,5-8,11,16H,4,9-10,12H2,1-2H3,(H3,20,21,22,24). The maximum atomic E-state index is 12.1. The van der Waals surface area contributed by atoms with Gasteiger partial charge in [0.2, 0.25) is 5.91 Å². The summed E-state index contributed by atoms with van der Waals surface area (Å²) in [4.78, 5) is 18.4. The number of anilines is 2. The van der Waals surface area contributed by atoms with Crippen molar-refractivity contribution in [1.82, 2.24) is 9.88 Å². The van der Waals surface area contributed by atoms with Gasteiger partial charge in [-0.05, 0) is 44.3 Å². The van der Waals surface area contributed by atoms with Crippen molar-refractivity contribution in [3.8, 4) is 5.75 Å². The molecule has 0 fully saturated rings. The third-order valence-electron chi connectivity index (χ3n) is 4.25. The molecule has 1 unspecified atom stereocenters. The van der Waals surface area contributed by atoms with Gasteiger partial charge in [-0.3, -0.25) is 4.79 Å². The molecular weight excluding hydrogens is 316 g/mol. The van der Waals surface area contributed by atoms with Gasteiger partial charge in [0.25, 0.3) is 0 Å². The zero-order valence-corrected chi connectivity index (χ0v) is 14.7. The Bertz CT molecular complexity index is 761. The van der Waals surface area contributed by atoms with E-state index >= 15 is 0 Å². The fraction of sp³-hybridized carbons (Fsp3) is 0.368. The quantitative estimate of drug-likeness (QED) is 0.790. The molecule has 3 rings (SSSR count). The lowest BCUT2D eigenvalue weighted by atomic mass is 9.86. The second-order valence-corrected chi connectivity index (χ2v) is 6.56. The van der Waals surface area contributed by atoms with Crippen LogP contribution in [0, 0.1) is 0 Å². The smallest absolute Gasteiger partial charge is 0.226 e. The zero-order valence-electron chi connectivity index (χ0n) is 14.7. The van der Waals surface area contributed by atoms with Crippen LogP contribution in [0.4, 0.5) is 11.6 Å². The molecule has 0 bridgehead atoms. The number of nitrogens with one attached hydrogen (secondary N) is 1. The minimum atomic E-state index is -0.0482. The molecule has 2 heterocycles. The van der Waals surface area contributed by atoms with Gasteiger partial charge in [0.05, 0.1) is 6.61 Å². The molecule has 1 amide bonds. The van der Waals surface area contributed by atoms with Crippen LogP contribution in [-0.4, -0.2) is 43.0 Å². The van der Waals surface area contributed by atoms with Gasteiger partial charge in [-0.1, -0.05) is 18.2 Å². The van der Waals surface area contributed by atoms with Crippen molar-refractivity contribution >= 4 is 17.5 Å². The summed E-state index contributed by atoms with van der Waals surface area (Å²) in [5, 5.41) is 2.80. The number of carbonyl (C=O) groups is 1. The summed E-state index contributed by atoms with van der Waals surface area (Å²) in [6.07, 6.45) is 1.36. The molecule has 0 radical (unpaired) electrons. The monoisotopic (exact) mass is 340 g/mol. The number of nitrogens with two attached hydrogens (primary N) is 1. The maximum absolute atomic E-state index is 12.1. The number of hydrogen-bond acceptors (Lipinski definition) is 5. The number of hydrogen-bond donors (Lipinski definition) is 2. The van der Waals surface area contributed by atoms with E-state index in [1.165, 1.54) is 0 Å². The molecular formula is C19H24N4O2. The molecule has 2 aromatic rings. The van der Waals surface area contributed by atoms with Crippen molar-refractivity contribution in [2.45, 2.75) is 18.8 Å². The molecule has 1 aromatic heterocycles. The molecule has 0 saturated heterocycles. The van der Waals surface area contributed by atoms with E-state index in [1.807, 2.05) is 44.4 Å². The first-order chi connectivity index (χ1) is 12.0. The highest BCUT2D eigenvalue weighted by atomic mass is 16.5. The molecule has 132 valence electrons. The molecule has 25 heavy (non-hydrogen) atoms. The SMILES string of the molecule is CN(C)CCCOc1cccc(C2CC(=O)Nc3nc(N)ccc32)c1. The lowest BCUT2D eigenvalue weighted by molar-refractivity contribution is -0.116. The summed E-state index contributed by atoms with van der Waals surface area (Å²) in [5.74, 6) is 1.69. The first kappa shape index (κ1) is 17.2. The van der Waals surface area contributed by atoms with E-state index in [0.29, 0.717) is 24.7 Å². The summed E-state index contributed by atoms with van der Waals surface area (Å²) in [7, 11) is 4.10. The number of carbonyl (C=O) groups excluding carboxylic acids is 1. The van der Waals surface area contributed by atoms with Gasteiger partial charge < -0.3 is 20.7 Å². The Balaban J connectivity index is 1.78. The average Bonchev–Trinajstić information content (AvgIpc) is 2.57. The van der Waals surface area contributed by atoms with E-state index in [-0.39, 0.29) is 11.8 Å². The molecule has 0 aliphatic carbocycles. The molecule has 1 aromatic carbocycles. The van der Waals surface area contributed by atoms with E-state index in [1.54, 1.807) is 6.07 Å². The number of benzene rings is 1. The highest BCUT2D eigenvalue weighted by Gasteiger charge is 2.27. The van der Waals surface area contributed by atoms with E-state index in [0.717, 1.165) is 29.8 Å². The van der Waals surface area contributed by atoms with Crippen LogP contribution in [-0.2, 0) is 4.79 Å². The Hall–Kier alpha value is -2.60.